The fourth-order valence-electron chi connectivity index (χ4n) is 1.50. The largest absolute Gasteiger partial charge is 0.368 e. The van der Waals surface area contributed by atoms with Gasteiger partial charge in [0, 0.05) is 0 Å². The highest BCUT2D eigenvalue weighted by molar-refractivity contribution is 5.80. The van der Waals surface area contributed by atoms with Crippen molar-refractivity contribution < 1.29 is 9.53 Å². The fourth-order valence-corrected chi connectivity index (χ4v) is 1.50. The number of amides is 1. The molecule has 90 valence electrons. The Labute approximate surface area is 92.5 Å². The van der Waals surface area contributed by atoms with Crippen LogP contribution >= 0.6 is 0 Å². The highest BCUT2D eigenvalue weighted by Crippen LogP contribution is 2.09. The summed E-state index contributed by atoms with van der Waals surface area (Å²) in [4.78, 5) is 11.3. The van der Waals surface area contributed by atoms with Gasteiger partial charge in [0.2, 0.25) is 0 Å². The molecule has 0 bridgehead atoms. The third kappa shape index (κ3) is 6.47. The molecule has 2 atom stereocenters. The van der Waals surface area contributed by atoms with Crippen LogP contribution in [0.4, 0.5) is 0 Å². The molecule has 0 aliphatic carbocycles. The van der Waals surface area contributed by atoms with Crippen LogP contribution in [-0.4, -0.2) is 18.6 Å². The molecule has 0 aromatic rings. The van der Waals surface area contributed by atoms with E-state index in [4.69, 9.17) is 10.6 Å². The normalized spacial score (nSPS) is 14.7. The highest BCUT2D eigenvalue weighted by atomic mass is 16.5. The van der Waals surface area contributed by atoms with Gasteiger partial charge < -0.3 is 4.74 Å². The van der Waals surface area contributed by atoms with Crippen LogP contribution in [0, 0.1) is 5.92 Å². The number of ether oxygens (including phenoxy) is 1. The molecule has 0 heterocycles. The number of nitrogens with one attached hydrogen (secondary N) is 1. The van der Waals surface area contributed by atoms with Gasteiger partial charge in [-0.25, -0.2) is 5.84 Å². The van der Waals surface area contributed by atoms with Crippen LogP contribution in [0.5, 0.6) is 0 Å². The van der Waals surface area contributed by atoms with Gasteiger partial charge in [-0.3, -0.25) is 10.2 Å². The van der Waals surface area contributed by atoms with Crippen molar-refractivity contribution >= 4 is 5.91 Å². The number of carbonyl (C=O) groups excluding carboxylic acids is 1. The van der Waals surface area contributed by atoms with Crippen LogP contribution in [0.25, 0.3) is 0 Å². The predicted molar refractivity (Wildman–Crippen MR) is 61.1 cm³/mol. The number of hydrogen-bond acceptors (Lipinski definition) is 3. The van der Waals surface area contributed by atoms with Crippen molar-refractivity contribution in [3.63, 3.8) is 0 Å². The topological polar surface area (TPSA) is 64.3 Å². The van der Waals surface area contributed by atoms with Gasteiger partial charge in [0.25, 0.3) is 5.91 Å². The van der Waals surface area contributed by atoms with Gasteiger partial charge in [0.1, 0.15) is 6.10 Å². The average Bonchev–Trinajstić information content (AvgIpc) is 2.23. The van der Waals surface area contributed by atoms with Crippen molar-refractivity contribution in [1.29, 1.82) is 0 Å². The van der Waals surface area contributed by atoms with E-state index in [9.17, 15) is 4.79 Å². The number of hydrogen-bond donors (Lipinski definition) is 2. The van der Waals surface area contributed by atoms with Crippen molar-refractivity contribution in [3.05, 3.63) is 0 Å². The highest BCUT2D eigenvalue weighted by Gasteiger charge is 2.17. The molecule has 0 saturated carbocycles. The molecule has 0 fully saturated rings. The molecule has 4 nitrogen and oxygen atoms in total. The molecule has 1 amide bonds. The van der Waals surface area contributed by atoms with Gasteiger partial charge in [-0.15, -0.1) is 0 Å². The van der Waals surface area contributed by atoms with Crippen LogP contribution < -0.4 is 11.3 Å². The molecule has 3 N–H and O–H groups in total. The lowest BCUT2D eigenvalue weighted by atomic mass is 10.1. The summed E-state index contributed by atoms with van der Waals surface area (Å²) in [6, 6.07) is 0. The summed E-state index contributed by atoms with van der Waals surface area (Å²) in [5, 5.41) is 0. The van der Waals surface area contributed by atoms with Gasteiger partial charge in [0.05, 0.1) is 6.61 Å². The van der Waals surface area contributed by atoms with Crippen LogP contribution in [0.2, 0.25) is 0 Å². The maximum atomic E-state index is 11.3. The standard InChI is InChI=1S/C11H24N2O2/c1-4-6-9(3)8-15-10(7-5-2)11(14)13-12/h9-10H,4-8,12H2,1-3H3,(H,13,14). The minimum atomic E-state index is -0.390. The van der Waals surface area contributed by atoms with Crippen molar-refractivity contribution in [2.24, 2.45) is 11.8 Å². The second-order valence-corrected chi connectivity index (χ2v) is 4.01. The van der Waals surface area contributed by atoms with Gasteiger partial charge >= 0.3 is 0 Å². The Balaban J connectivity index is 3.89. The molecule has 15 heavy (non-hydrogen) atoms. The molecule has 2 unspecified atom stereocenters. The summed E-state index contributed by atoms with van der Waals surface area (Å²) in [7, 11) is 0. The zero-order chi connectivity index (χ0) is 11.7. The first kappa shape index (κ1) is 14.4. The number of rotatable bonds is 8. The Kier molecular flexibility index (Phi) is 8.33. The Hall–Kier alpha value is -0.610. The zero-order valence-electron chi connectivity index (χ0n) is 10.1. The van der Waals surface area contributed by atoms with Crippen molar-refractivity contribution in [3.8, 4) is 0 Å². The monoisotopic (exact) mass is 216 g/mol. The van der Waals surface area contributed by atoms with E-state index < -0.39 is 0 Å². The molecule has 0 rings (SSSR count). The van der Waals surface area contributed by atoms with Crippen LogP contribution in [0.1, 0.15) is 46.5 Å². The van der Waals surface area contributed by atoms with E-state index in [1.807, 2.05) is 6.92 Å². The summed E-state index contributed by atoms with van der Waals surface area (Å²) >= 11 is 0. The molecule has 0 radical (unpaired) electrons. The number of hydrazine groups is 1. The van der Waals surface area contributed by atoms with Gasteiger partial charge in [-0.2, -0.15) is 0 Å². The van der Waals surface area contributed by atoms with Crippen molar-refractivity contribution in [2.45, 2.75) is 52.6 Å². The lowest BCUT2D eigenvalue weighted by molar-refractivity contribution is -0.134. The fraction of sp³-hybridized carbons (Fsp3) is 0.909. The zero-order valence-corrected chi connectivity index (χ0v) is 10.1. The van der Waals surface area contributed by atoms with E-state index >= 15 is 0 Å². The quantitative estimate of drug-likeness (QED) is 0.368. The third-order valence-electron chi connectivity index (χ3n) is 2.35. The van der Waals surface area contributed by atoms with E-state index in [0.29, 0.717) is 12.5 Å². The van der Waals surface area contributed by atoms with E-state index in [0.717, 1.165) is 25.7 Å². The summed E-state index contributed by atoms with van der Waals surface area (Å²) in [5.74, 6) is 5.37. The van der Waals surface area contributed by atoms with Gasteiger partial charge in [-0.05, 0) is 18.8 Å². The molecule has 0 aromatic heterocycles. The van der Waals surface area contributed by atoms with Gasteiger partial charge in [0.15, 0.2) is 0 Å². The number of nitrogens with two attached hydrogens (primary N) is 1. The number of carbonyl (C=O) groups is 1. The minimum Gasteiger partial charge on any atom is -0.368 e. The van der Waals surface area contributed by atoms with Crippen LogP contribution in [0.3, 0.4) is 0 Å². The first-order valence-corrected chi connectivity index (χ1v) is 5.77. The minimum absolute atomic E-state index is 0.222. The molecule has 0 aromatic carbocycles. The average molecular weight is 216 g/mol. The Morgan fingerprint density at radius 2 is 1.93 bits per heavy atom. The smallest absolute Gasteiger partial charge is 0.262 e. The molecule has 0 saturated heterocycles. The van der Waals surface area contributed by atoms with E-state index in [-0.39, 0.29) is 12.0 Å². The first-order valence-electron chi connectivity index (χ1n) is 5.77. The second-order valence-electron chi connectivity index (χ2n) is 4.01. The van der Waals surface area contributed by atoms with Crippen LogP contribution in [0.15, 0.2) is 0 Å². The van der Waals surface area contributed by atoms with Gasteiger partial charge in [-0.1, -0.05) is 33.6 Å². The Bertz CT molecular complexity index is 174. The van der Waals surface area contributed by atoms with Crippen LogP contribution in [-0.2, 0) is 9.53 Å². The van der Waals surface area contributed by atoms with E-state index in [2.05, 4.69) is 19.3 Å². The molecule has 0 aliphatic rings. The maximum absolute atomic E-state index is 11.3. The summed E-state index contributed by atoms with van der Waals surface area (Å²) in [5.41, 5.74) is 2.14. The molecule has 0 spiro atoms. The first-order chi connectivity index (χ1) is 7.15. The van der Waals surface area contributed by atoms with Crippen molar-refractivity contribution in [2.75, 3.05) is 6.61 Å². The maximum Gasteiger partial charge on any atom is 0.262 e. The summed E-state index contributed by atoms with van der Waals surface area (Å²) in [6.07, 6.45) is 3.52. The molecule has 4 heteroatoms. The second kappa shape index (κ2) is 8.68. The molecular formula is C11H24N2O2. The molecule has 0 aliphatic heterocycles. The van der Waals surface area contributed by atoms with E-state index in [1.165, 1.54) is 0 Å². The SMILES string of the molecule is CCCC(C)COC(CCC)C(=O)NN. The Morgan fingerprint density at radius 3 is 2.40 bits per heavy atom. The summed E-state index contributed by atoms with van der Waals surface area (Å²) < 4.78 is 5.56. The van der Waals surface area contributed by atoms with Crippen molar-refractivity contribution in [1.82, 2.24) is 5.43 Å². The van der Waals surface area contributed by atoms with E-state index in [1.54, 1.807) is 0 Å². The Morgan fingerprint density at radius 1 is 1.33 bits per heavy atom. The predicted octanol–water partition coefficient (Wildman–Crippen LogP) is 1.60. The molecular weight excluding hydrogens is 192 g/mol. The lowest BCUT2D eigenvalue weighted by Gasteiger charge is -2.18. The lowest BCUT2D eigenvalue weighted by Crippen LogP contribution is -2.41. The third-order valence-corrected chi connectivity index (χ3v) is 2.35. The summed E-state index contributed by atoms with van der Waals surface area (Å²) in [6.45, 7) is 6.93.